The van der Waals surface area contributed by atoms with Crippen LogP contribution in [0.3, 0.4) is 0 Å². The van der Waals surface area contributed by atoms with Gasteiger partial charge in [0.15, 0.2) is 0 Å². The van der Waals surface area contributed by atoms with Crippen LogP contribution in [-0.2, 0) is 18.8 Å². The van der Waals surface area contributed by atoms with Crippen LogP contribution >= 0.6 is 7.60 Å². The molecule has 1 aliphatic carbocycles. The first-order valence-corrected chi connectivity index (χ1v) is 9.86. The van der Waals surface area contributed by atoms with E-state index in [0.29, 0.717) is 5.92 Å². The zero-order chi connectivity index (χ0) is 16.5. The van der Waals surface area contributed by atoms with Gasteiger partial charge >= 0.3 is 7.60 Å². The summed E-state index contributed by atoms with van der Waals surface area (Å²) >= 11 is 0. The van der Waals surface area contributed by atoms with E-state index in [2.05, 4.69) is 37.3 Å². The monoisotopic (exact) mass is 332 g/mol. The summed E-state index contributed by atoms with van der Waals surface area (Å²) in [5.74, 6) is 0.370. The predicted octanol–water partition coefficient (Wildman–Crippen LogP) is 5.73. The average Bonchev–Trinajstić information content (AvgIpc) is 3.35. The Bertz CT molecular complexity index is 734. The predicted molar refractivity (Wildman–Crippen MR) is 94.9 cm³/mol. The van der Waals surface area contributed by atoms with Gasteiger partial charge in [-0.05, 0) is 41.2 Å². The van der Waals surface area contributed by atoms with Gasteiger partial charge in [0.1, 0.15) is 5.16 Å². The molecule has 2 atom stereocenters. The zero-order valence-electron chi connectivity index (χ0n) is 14.1. The summed E-state index contributed by atoms with van der Waals surface area (Å²) < 4.78 is 24.1. The highest BCUT2D eigenvalue weighted by atomic mass is 31.2. The fourth-order valence-corrected chi connectivity index (χ4v) is 6.09. The Labute approximate surface area is 138 Å². The number of hydrogen-bond donors (Lipinski definition) is 0. The third-order valence-corrected chi connectivity index (χ3v) is 7.94. The van der Waals surface area contributed by atoms with Gasteiger partial charge in [-0.15, -0.1) is 0 Å². The summed E-state index contributed by atoms with van der Waals surface area (Å²) in [4.78, 5) is 0. The Balaban J connectivity index is 2.06. The summed E-state index contributed by atoms with van der Waals surface area (Å²) in [6, 6.07) is 14.6. The highest BCUT2D eigenvalue weighted by Crippen LogP contribution is 2.79. The van der Waals surface area contributed by atoms with Crippen LogP contribution in [0.1, 0.15) is 38.2 Å². The third kappa shape index (κ3) is 2.65. The van der Waals surface area contributed by atoms with Crippen molar-refractivity contribution in [2.75, 3.05) is 14.2 Å². The van der Waals surface area contributed by atoms with Crippen LogP contribution in [0.4, 0.5) is 0 Å². The molecule has 1 fully saturated rings. The second-order valence-electron chi connectivity index (χ2n) is 6.39. The van der Waals surface area contributed by atoms with E-state index in [4.69, 9.17) is 9.05 Å². The summed E-state index contributed by atoms with van der Waals surface area (Å²) in [7, 11) is -0.165. The minimum atomic E-state index is -3.17. The van der Waals surface area contributed by atoms with E-state index in [-0.39, 0.29) is 0 Å². The standard InChI is InChI=1S/C19H25O3P/c1-4-5-10-18-14-19(18,23(20,21-2)22-3)17-12-11-15-8-6-7-9-16(15)13-17/h6-9,11-13,18H,4-5,10,14H2,1-3H3/t18-,19+/m0/s1. The Hall–Kier alpha value is -1.15. The van der Waals surface area contributed by atoms with Crippen molar-refractivity contribution in [3.05, 3.63) is 48.0 Å². The second-order valence-corrected chi connectivity index (χ2v) is 8.92. The lowest BCUT2D eigenvalue weighted by Crippen LogP contribution is -2.14. The van der Waals surface area contributed by atoms with E-state index in [9.17, 15) is 4.57 Å². The van der Waals surface area contributed by atoms with Crippen LogP contribution in [0.15, 0.2) is 42.5 Å². The molecular weight excluding hydrogens is 307 g/mol. The number of fused-ring (bicyclic) bond motifs is 1. The van der Waals surface area contributed by atoms with Crippen molar-refractivity contribution in [3.63, 3.8) is 0 Å². The van der Waals surface area contributed by atoms with Crippen LogP contribution in [-0.4, -0.2) is 14.2 Å². The quantitative estimate of drug-likeness (QED) is 0.607. The van der Waals surface area contributed by atoms with Gasteiger partial charge in [-0.2, -0.15) is 0 Å². The topological polar surface area (TPSA) is 35.5 Å². The number of unbranched alkanes of at least 4 members (excludes halogenated alkanes) is 1. The first-order valence-electron chi connectivity index (χ1n) is 8.32. The highest BCUT2D eigenvalue weighted by Gasteiger charge is 2.67. The molecule has 4 heteroatoms. The molecule has 0 amide bonds. The largest absolute Gasteiger partial charge is 0.340 e. The smallest absolute Gasteiger partial charge is 0.311 e. The molecule has 0 aromatic heterocycles. The van der Waals surface area contributed by atoms with Gasteiger partial charge in [0, 0.05) is 14.2 Å². The number of hydrogen-bond acceptors (Lipinski definition) is 3. The molecule has 23 heavy (non-hydrogen) atoms. The van der Waals surface area contributed by atoms with Gasteiger partial charge in [0.25, 0.3) is 0 Å². The molecule has 0 unspecified atom stereocenters. The SMILES string of the molecule is CCCC[C@H]1C[C@]1(c1ccc2ccccc2c1)P(=O)(OC)OC. The van der Waals surface area contributed by atoms with E-state index >= 15 is 0 Å². The second kappa shape index (κ2) is 6.39. The van der Waals surface area contributed by atoms with Gasteiger partial charge < -0.3 is 9.05 Å². The Morgan fingerprint density at radius 1 is 1.13 bits per heavy atom. The van der Waals surface area contributed by atoms with Gasteiger partial charge in [-0.1, -0.05) is 56.2 Å². The average molecular weight is 332 g/mol. The lowest BCUT2D eigenvalue weighted by molar-refractivity contribution is 0.259. The molecule has 3 rings (SSSR count). The lowest BCUT2D eigenvalue weighted by Gasteiger charge is -2.26. The first kappa shape index (κ1) is 16.7. The summed E-state index contributed by atoms with van der Waals surface area (Å²) in [6.45, 7) is 2.19. The highest BCUT2D eigenvalue weighted by molar-refractivity contribution is 7.55. The van der Waals surface area contributed by atoms with Crippen molar-refractivity contribution in [3.8, 4) is 0 Å². The van der Waals surface area contributed by atoms with Gasteiger partial charge in [0.05, 0.1) is 0 Å². The maximum atomic E-state index is 13.3. The summed E-state index contributed by atoms with van der Waals surface area (Å²) in [5, 5.41) is 1.89. The molecular formula is C19H25O3P. The fraction of sp³-hybridized carbons (Fsp3) is 0.474. The Morgan fingerprint density at radius 2 is 1.83 bits per heavy atom. The van der Waals surface area contributed by atoms with Crippen molar-refractivity contribution in [1.29, 1.82) is 0 Å². The van der Waals surface area contributed by atoms with Crippen molar-refractivity contribution >= 4 is 18.4 Å². The zero-order valence-corrected chi connectivity index (χ0v) is 15.0. The number of benzene rings is 2. The molecule has 124 valence electrons. The first-order chi connectivity index (χ1) is 11.1. The Kier molecular flexibility index (Phi) is 4.64. The minimum absolute atomic E-state index is 0.370. The van der Waals surface area contributed by atoms with Gasteiger partial charge in [-0.3, -0.25) is 4.57 Å². The third-order valence-electron chi connectivity index (χ3n) is 5.20. The number of rotatable bonds is 7. The minimum Gasteiger partial charge on any atom is -0.311 e. The fourth-order valence-electron chi connectivity index (χ4n) is 3.81. The van der Waals surface area contributed by atoms with Crippen LogP contribution in [0.2, 0.25) is 0 Å². The van der Waals surface area contributed by atoms with Crippen molar-refractivity contribution in [2.24, 2.45) is 5.92 Å². The van der Waals surface area contributed by atoms with Gasteiger partial charge in [0.2, 0.25) is 0 Å². The molecule has 0 aliphatic heterocycles. The maximum absolute atomic E-state index is 13.3. The lowest BCUT2D eigenvalue weighted by atomic mass is 10.0. The van der Waals surface area contributed by atoms with Crippen LogP contribution < -0.4 is 0 Å². The van der Waals surface area contributed by atoms with E-state index in [0.717, 1.165) is 31.2 Å². The van der Waals surface area contributed by atoms with E-state index in [1.165, 1.54) is 25.0 Å². The molecule has 0 bridgehead atoms. The Morgan fingerprint density at radius 3 is 2.48 bits per heavy atom. The molecule has 2 aromatic rings. The molecule has 0 spiro atoms. The summed E-state index contributed by atoms with van der Waals surface area (Å²) in [6.07, 6.45) is 4.24. The van der Waals surface area contributed by atoms with Crippen LogP contribution in [0, 0.1) is 5.92 Å². The normalized spacial score (nSPS) is 24.0. The molecule has 2 aromatic carbocycles. The molecule has 3 nitrogen and oxygen atoms in total. The molecule has 0 radical (unpaired) electrons. The molecule has 0 saturated heterocycles. The van der Waals surface area contributed by atoms with Crippen molar-refractivity contribution < 1.29 is 13.6 Å². The maximum Gasteiger partial charge on any atom is 0.340 e. The molecule has 1 aliphatic rings. The molecule has 0 heterocycles. The molecule has 1 saturated carbocycles. The van der Waals surface area contributed by atoms with E-state index < -0.39 is 12.8 Å². The van der Waals surface area contributed by atoms with E-state index in [1.807, 2.05) is 12.1 Å². The van der Waals surface area contributed by atoms with E-state index in [1.54, 1.807) is 0 Å². The van der Waals surface area contributed by atoms with Crippen molar-refractivity contribution in [1.82, 2.24) is 0 Å². The summed E-state index contributed by atoms with van der Waals surface area (Å²) in [5.41, 5.74) is 1.09. The molecule has 0 N–H and O–H groups in total. The van der Waals surface area contributed by atoms with Crippen molar-refractivity contribution in [2.45, 2.75) is 37.8 Å². The van der Waals surface area contributed by atoms with Crippen LogP contribution in [0.5, 0.6) is 0 Å². The van der Waals surface area contributed by atoms with Gasteiger partial charge in [-0.25, -0.2) is 0 Å². The van der Waals surface area contributed by atoms with Crippen LogP contribution in [0.25, 0.3) is 10.8 Å².